The van der Waals surface area contributed by atoms with Gasteiger partial charge in [-0.1, -0.05) is 18.1 Å². The lowest BCUT2D eigenvalue weighted by Crippen LogP contribution is -2.41. The van der Waals surface area contributed by atoms with E-state index in [0.717, 1.165) is 51.0 Å². The predicted molar refractivity (Wildman–Crippen MR) is 85.7 cm³/mol. The third-order valence-electron chi connectivity index (χ3n) is 4.39. The van der Waals surface area contributed by atoms with E-state index in [1.807, 2.05) is 24.4 Å². The molecule has 2 aliphatic heterocycles. The maximum Gasteiger partial charge on any atom is 0.145 e. The van der Waals surface area contributed by atoms with Crippen molar-refractivity contribution < 1.29 is 9.57 Å². The quantitative estimate of drug-likeness (QED) is 0.810. The van der Waals surface area contributed by atoms with E-state index in [1.165, 1.54) is 5.71 Å². The van der Waals surface area contributed by atoms with Gasteiger partial charge in [-0.15, -0.1) is 0 Å². The minimum atomic E-state index is 0.251. The zero-order chi connectivity index (χ0) is 15.2. The molecule has 1 aromatic heterocycles. The molecule has 0 amide bonds. The topological polar surface area (TPSA) is 47.0 Å². The summed E-state index contributed by atoms with van der Waals surface area (Å²) in [6.07, 6.45) is 6.58. The Labute approximate surface area is 132 Å². The largest absolute Gasteiger partial charge is 0.391 e. The first-order valence-corrected chi connectivity index (χ1v) is 8.29. The Bertz CT molecular complexity index is 484. The molecule has 1 fully saturated rings. The number of piperidine rings is 1. The highest BCUT2D eigenvalue weighted by atomic mass is 16.6. The molecular weight excluding hydrogens is 278 g/mol. The maximum atomic E-state index is 5.98. The van der Waals surface area contributed by atoms with Gasteiger partial charge in [0.1, 0.15) is 6.10 Å². The molecule has 0 aliphatic carbocycles. The molecule has 0 saturated carbocycles. The van der Waals surface area contributed by atoms with Crippen LogP contribution in [-0.2, 0) is 16.2 Å². The van der Waals surface area contributed by atoms with Gasteiger partial charge in [0.25, 0.3) is 0 Å². The first-order valence-electron chi connectivity index (χ1n) is 8.29. The summed E-state index contributed by atoms with van der Waals surface area (Å²) in [6.45, 7) is 5.89. The zero-order valence-corrected chi connectivity index (χ0v) is 13.3. The van der Waals surface area contributed by atoms with E-state index in [0.29, 0.717) is 12.7 Å². The Morgan fingerprint density at radius 1 is 1.32 bits per heavy atom. The third-order valence-corrected chi connectivity index (χ3v) is 4.39. The van der Waals surface area contributed by atoms with Gasteiger partial charge in [-0.2, -0.15) is 0 Å². The van der Waals surface area contributed by atoms with Crippen LogP contribution in [0.25, 0.3) is 0 Å². The third kappa shape index (κ3) is 4.27. The Morgan fingerprint density at radius 2 is 2.18 bits per heavy atom. The second-order valence-corrected chi connectivity index (χ2v) is 6.07. The lowest BCUT2D eigenvalue weighted by Gasteiger charge is -2.32. The molecule has 0 spiro atoms. The van der Waals surface area contributed by atoms with Crippen LogP contribution in [0.3, 0.4) is 0 Å². The molecule has 1 saturated heterocycles. The first kappa shape index (κ1) is 15.4. The average molecular weight is 303 g/mol. The Balaban J connectivity index is 1.34. The normalized spacial score (nSPS) is 23.3. The van der Waals surface area contributed by atoms with Crippen molar-refractivity contribution >= 4 is 5.71 Å². The van der Waals surface area contributed by atoms with E-state index in [2.05, 4.69) is 22.0 Å². The number of hydrogen-bond donors (Lipinski definition) is 0. The summed E-state index contributed by atoms with van der Waals surface area (Å²) < 4.78 is 5.98. The molecule has 5 heteroatoms. The molecule has 2 aliphatic rings. The number of pyridine rings is 1. The van der Waals surface area contributed by atoms with Crippen LogP contribution in [-0.4, -0.2) is 47.4 Å². The highest BCUT2D eigenvalue weighted by molar-refractivity contribution is 5.85. The van der Waals surface area contributed by atoms with Gasteiger partial charge in [-0.25, -0.2) is 0 Å². The van der Waals surface area contributed by atoms with E-state index in [4.69, 9.17) is 9.57 Å². The van der Waals surface area contributed by atoms with Gasteiger partial charge in [-0.05, 0) is 31.4 Å². The van der Waals surface area contributed by atoms with Gasteiger partial charge >= 0.3 is 0 Å². The van der Waals surface area contributed by atoms with Crippen LogP contribution < -0.4 is 0 Å². The highest BCUT2D eigenvalue weighted by Gasteiger charge is 2.26. The van der Waals surface area contributed by atoms with E-state index < -0.39 is 0 Å². The summed E-state index contributed by atoms with van der Waals surface area (Å²) in [7, 11) is 0. The fourth-order valence-electron chi connectivity index (χ4n) is 3.03. The molecule has 1 unspecified atom stereocenters. The summed E-state index contributed by atoms with van der Waals surface area (Å²) in [5.74, 6) is 0. The van der Waals surface area contributed by atoms with Crippen molar-refractivity contribution in [2.75, 3.05) is 19.6 Å². The van der Waals surface area contributed by atoms with Gasteiger partial charge in [0.05, 0.1) is 24.1 Å². The molecule has 0 aromatic carbocycles. The maximum absolute atomic E-state index is 5.98. The van der Waals surface area contributed by atoms with Gasteiger partial charge in [0.2, 0.25) is 0 Å². The number of likely N-dealkylation sites (tertiary alicyclic amines) is 1. The fraction of sp³-hybridized carbons (Fsp3) is 0.647. The zero-order valence-electron chi connectivity index (χ0n) is 13.3. The number of oxime groups is 1. The molecule has 1 atom stereocenters. The van der Waals surface area contributed by atoms with Crippen LogP contribution in [0.15, 0.2) is 29.6 Å². The van der Waals surface area contributed by atoms with Crippen LogP contribution in [0.5, 0.6) is 0 Å². The van der Waals surface area contributed by atoms with Crippen molar-refractivity contribution in [3.8, 4) is 0 Å². The highest BCUT2D eigenvalue weighted by Crippen LogP contribution is 2.19. The second-order valence-electron chi connectivity index (χ2n) is 6.07. The molecule has 0 bridgehead atoms. The number of hydrogen-bond acceptors (Lipinski definition) is 5. The van der Waals surface area contributed by atoms with Crippen LogP contribution in [0.2, 0.25) is 0 Å². The molecule has 3 rings (SSSR count). The van der Waals surface area contributed by atoms with Crippen molar-refractivity contribution in [3.05, 3.63) is 30.1 Å². The van der Waals surface area contributed by atoms with Gasteiger partial charge in [-0.3, -0.25) is 9.88 Å². The molecule has 120 valence electrons. The summed E-state index contributed by atoms with van der Waals surface area (Å²) >= 11 is 0. The number of ether oxygens (including phenoxy) is 1. The monoisotopic (exact) mass is 303 g/mol. The molecule has 0 radical (unpaired) electrons. The standard InChI is InChI=1S/C17H25N3O2/c1-2-14-11-17(22-19-14)12-20-9-6-16(7-10-20)21-13-15-5-3-4-8-18-15/h3-5,8,16-17H,2,6-7,9-13H2,1H3. The lowest BCUT2D eigenvalue weighted by atomic mass is 10.1. The molecular formula is C17H25N3O2. The minimum absolute atomic E-state index is 0.251. The summed E-state index contributed by atoms with van der Waals surface area (Å²) in [6, 6.07) is 5.95. The van der Waals surface area contributed by atoms with Crippen LogP contribution in [0, 0.1) is 0 Å². The SMILES string of the molecule is CCC1=NOC(CN2CCC(OCc3ccccn3)CC2)C1. The molecule has 1 aromatic rings. The van der Waals surface area contributed by atoms with Crippen molar-refractivity contribution in [1.82, 2.24) is 9.88 Å². The predicted octanol–water partition coefficient (Wildman–Crippen LogP) is 2.62. The van der Waals surface area contributed by atoms with Gasteiger partial charge in [0, 0.05) is 32.3 Å². The van der Waals surface area contributed by atoms with E-state index >= 15 is 0 Å². The molecule has 5 nitrogen and oxygen atoms in total. The van der Waals surface area contributed by atoms with Crippen molar-refractivity contribution in [2.45, 2.75) is 51.4 Å². The van der Waals surface area contributed by atoms with Crippen LogP contribution >= 0.6 is 0 Å². The minimum Gasteiger partial charge on any atom is -0.391 e. The number of nitrogens with zero attached hydrogens (tertiary/aromatic N) is 3. The van der Waals surface area contributed by atoms with Crippen molar-refractivity contribution in [2.24, 2.45) is 5.16 Å². The summed E-state index contributed by atoms with van der Waals surface area (Å²) in [5.41, 5.74) is 2.20. The first-order chi connectivity index (χ1) is 10.8. The van der Waals surface area contributed by atoms with Crippen molar-refractivity contribution in [1.29, 1.82) is 0 Å². The smallest absolute Gasteiger partial charge is 0.145 e. The fourth-order valence-corrected chi connectivity index (χ4v) is 3.03. The molecule has 22 heavy (non-hydrogen) atoms. The van der Waals surface area contributed by atoms with E-state index in [-0.39, 0.29) is 6.10 Å². The van der Waals surface area contributed by atoms with Gasteiger partial charge in [0.15, 0.2) is 0 Å². The van der Waals surface area contributed by atoms with E-state index in [1.54, 1.807) is 0 Å². The number of aromatic nitrogens is 1. The van der Waals surface area contributed by atoms with Gasteiger partial charge < -0.3 is 9.57 Å². The van der Waals surface area contributed by atoms with E-state index in [9.17, 15) is 0 Å². The average Bonchev–Trinajstić information content (AvgIpc) is 3.03. The molecule has 3 heterocycles. The van der Waals surface area contributed by atoms with Crippen molar-refractivity contribution in [3.63, 3.8) is 0 Å². The van der Waals surface area contributed by atoms with Crippen LogP contribution in [0.1, 0.15) is 38.3 Å². The lowest BCUT2D eigenvalue weighted by molar-refractivity contribution is -0.0172. The Morgan fingerprint density at radius 3 is 2.86 bits per heavy atom. The molecule has 0 N–H and O–H groups in total. The van der Waals surface area contributed by atoms with Crippen LogP contribution in [0.4, 0.5) is 0 Å². The number of rotatable bonds is 6. The summed E-state index contributed by atoms with van der Waals surface area (Å²) in [4.78, 5) is 12.3. The second kappa shape index (κ2) is 7.70. The summed E-state index contributed by atoms with van der Waals surface area (Å²) in [5, 5.41) is 4.14. The Hall–Kier alpha value is -1.46. The Kier molecular flexibility index (Phi) is 5.40.